The number of carbonyl (C=O) groups excluding carboxylic acids is 1. The predicted molar refractivity (Wildman–Crippen MR) is 78.9 cm³/mol. The van der Waals surface area contributed by atoms with Gasteiger partial charge in [0.2, 0.25) is 5.91 Å². The molecule has 5 heteroatoms. The second-order valence-electron chi connectivity index (χ2n) is 4.78. The van der Waals surface area contributed by atoms with Crippen LogP contribution in [0.1, 0.15) is 11.1 Å². The maximum absolute atomic E-state index is 11.4. The number of rotatable bonds is 4. The maximum atomic E-state index is 11.4. The first-order valence-corrected chi connectivity index (χ1v) is 6.63. The fraction of sp³-hybridized carbons (Fsp3) is 0.125. The lowest BCUT2D eigenvalue weighted by molar-refractivity contribution is -0.114. The van der Waals surface area contributed by atoms with Crippen molar-refractivity contribution in [3.05, 3.63) is 71.7 Å². The summed E-state index contributed by atoms with van der Waals surface area (Å²) < 4.78 is 0. The molecule has 0 unspecified atom stereocenters. The molecule has 0 radical (unpaired) electrons. The van der Waals surface area contributed by atoms with Crippen LogP contribution in [0, 0.1) is 0 Å². The Hall–Kier alpha value is -2.66. The highest BCUT2D eigenvalue weighted by molar-refractivity contribution is 5.93. The lowest BCUT2D eigenvalue weighted by atomic mass is 10.0. The van der Waals surface area contributed by atoms with E-state index in [0.717, 1.165) is 16.8 Å². The van der Waals surface area contributed by atoms with Crippen molar-refractivity contribution in [2.45, 2.75) is 13.0 Å². The van der Waals surface area contributed by atoms with Crippen LogP contribution in [0.5, 0.6) is 0 Å². The number of nitrogens with zero attached hydrogens (tertiary/aromatic N) is 2. The largest absolute Gasteiger partial charge is 0.366 e. The second kappa shape index (κ2) is 5.76. The first-order chi connectivity index (χ1) is 10.2. The Morgan fingerprint density at radius 2 is 2.00 bits per heavy atom. The van der Waals surface area contributed by atoms with Crippen LogP contribution in [0.4, 0.5) is 5.69 Å². The molecule has 1 aliphatic heterocycles. The Bertz CT molecular complexity index is 683. The Kier molecular flexibility index (Phi) is 3.66. The number of carbonyl (C=O) groups is 1. The van der Waals surface area contributed by atoms with Gasteiger partial charge in [-0.3, -0.25) is 14.6 Å². The smallest absolute Gasteiger partial charge is 0.246 e. The third-order valence-corrected chi connectivity index (χ3v) is 3.32. The third-order valence-electron chi connectivity index (χ3n) is 3.32. The van der Waals surface area contributed by atoms with Gasteiger partial charge in [0, 0.05) is 30.6 Å². The summed E-state index contributed by atoms with van der Waals surface area (Å²) in [6.45, 7) is 0.388. The maximum Gasteiger partial charge on any atom is 0.246 e. The van der Waals surface area contributed by atoms with Crippen molar-refractivity contribution in [3.63, 3.8) is 0 Å². The van der Waals surface area contributed by atoms with Gasteiger partial charge in [0.05, 0.1) is 5.69 Å². The van der Waals surface area contributed by atoms with Crippen molar-refractivity contribution in [1.29, 1.82) is 0 Å². The van der Waals surface area contributed by atoms with Gasteiger partial charge >= 0.3 is 0 Å². The Morgan fingerprint density at radius 1 is 1.24 bits per heavy atom. The highest BCUT2D eigenvalue weighted by Crippen LogP contribution is 2.29. The predicted octanol–water partition coefficient (Wildman–Crippen LogP) is 1.95. The first kappa shape index (κ1) is 13.3. The van der Waals surface area contributed by atoms with Gasteiger partial charge in [0.25, 0.3) is 0 Å². The first-order valence-electron chi connectivity index (χ1n) is 6.63. The van der Waals surface area contributed by atoms with Crippen LogP contribution in [-0.2, 0) is 22.7 Å². The standard InChI is InChI=1S/C16H15N3O2/c17-16(20)14-9-13-3-1-2-4-15(13)19(10-14)21-11-12-5-7-18-8-6-12/h1-8,10H,9,11H2,(H2,17,20). The van der Waals surface area contributed by atoms with E-state index in [2.05, 4.69) is 4.98 Å². The van der Waals surface area contributed by atoms with Crippen molar-refractivity contribution in [2.75, 3.05) is 5.06 Å². The average Bonchev–Trinajstić information content (AvgIpc) is 2.53. The molecule has 2 N–H and O–H groups in total. The van der Waals surface area contributed by atoms with E-state index in [0.29, 0.717) is 18.6 Å². The van der Waals surface area contributed by atoms with Gasteiger partial charge in [-0.1, -0.05) is 18.2 Å². The summed E-state index contributed by atoms with van der Waals surface area (Å²) in [7, 11) is 0. The van der Waals surface area contributed by atoms with Gasteiger partial charge in [-0.05, 0) is 29.3 Å². The normalized spacial score (nSPS) is 13.5. The molecule has 0 aliphatic carbocycles. The topological polar surface area (TPSA) is 68.5 Å². The molecule has 3 rings (SSSR count). The molecule has 2 aromatic rings. The van der Waals surface area contributed by atoms with E-state index in [1.54, 1.807) is 23.7 Å². The molecule has 2 heterocycles. The molecule has 1 aliphatic rings. The summed E-state index contributed by atoms with van der Waals surface area (Å²) in [6, 6.07) is 11.6. The van der Waals surface area contributed by atoms with Crippen LogP contribution in [0.3, 0.4) is 0 Å². The zero-order valence-electron chi connectivity index (χ0n) is 11.4. The van der Waals surface area contributed by atoms with Gasteiger partial charge in [-0.15, -0.1) is 0 Å². The minimum Gasteiger partial charge on any atom is -0.366 e. The van der Waals surface area contributed by atoms with Gasteiger partial charge in [0.1, 0.15) is 6.61 Å². The monoisotopic (exact) mass is 281 g/mol. The van der Waals surface area contributed by atoms with Gasteiger partial charge in [-0.25, -0.2) is 5.06 Å². The molecular weight excluding hydrogens is 266 g/mol. The summed E-state index contributed by atoms with van der Waals surface area (Å²) in [4.78, 5) is 21.2. The molecule has 0 fully saturated rings. The summed E-state index contributed by atoms with van der Waals surface area (Å²) >= 11 is 0. The molecule has 1 aromatic heterocycles. The second-order valence-corrected chi connectivity index (χ2v) is 4.78. The number of hydrogen-bond acceptors (Lipinski definition) is 4. The van der Waals surface area contributed by atoms with E-state index >= 15 is 0 Å². The SMILES string of the molecule is NC(=O)C1=CN(OCc2ccncc2)c2ccccc2C1. The number of amides is 1. The van der Waals surface area contributed by atoms with Crippen molar-refractivity contribution >= 4 is 11.6 Å². The summed E-state index contributed by atoms with van der Waals surface area (Å²) in [6.07, 6.45) is 5.62. The summed E-state index contributed by atoms with van der Waals surface area (Å²) in [5, 5.41) is 1.61. The number of benzene rings is 1. The van der Waals surface area contributed by atoms with Crippen LogP contribution < -0.4 is 10.8 Å². The van der Waals surface area contributed by atoms with Crippen LogP contribution in [0.15, 0.2) is 60.6 Å². The van der Waals surface area contributed by atoms with Crippen molar-refractivity contribution < 1.29 is 9.63 Å². The number of fused-ring (bicyclic) bond motifs is 1. The van der Waals surface area contributed by atoms with Gasteiger partial charge < -0.3 is 5.73 Å². The molecule has 0 saturated carbocycles. The number of aromatic nitrogens is 1. The molecule has 1 aromatic carbocycles. The Balaban J connectivity index is 1.84. The number of primary amides is 1. The van der Waals surface area contributed by atoms with E-state index in [1.165, 1.54) is 0 Å². The number of hydrogen-bond donors (Lipinski definition) is 1. The molecule has 5 nitrogen and oxygen atoms in total. The summed E-state index contributed by atoms with van der Waals surface area (Å²) in [5.74, 6) is -0.429. The van der Waals surface area contributed by atoms with Crippen LogP contribution >= 0.6 is 0 Å². The molecule has 106 valence electrons. The Labute approximate surface area is 122 Å². The molecule has 21 heavy (non-hydrogen) atoms. The average molecular weight is 281 g/mol. The molecular formula is C16H15N3O2. The zero-order valence-corrected chi connectivity index (χ0v) is 11.4. The van der Waals surface area contributed by atoms with E-state index in [9.17, 15) is 4.79 Å². The lowest BCUT2D eigenvalue weighted by Crippen LogP contribution is -2.27. The van der Waals surface area contributed by atoms with Gasteiger partial charge in [-0.2, -0.15) is 0 Å². The van der Waals surface area contributed by atoms with Crippen LogP contribution in [0.2, 0.25) is 0 Å². The fourth-order valence-corrected chi connectivity index (χ4v) is 2.22. The number of hydroxylamine groups is 1. The zero-order chi connectivity index (χ0) is 14.7. The molecule has 1 amide bonds. The van der Waals surface area contributed by atoms with Crippen LogP contribution in [0.25, 0.3) is 0 Å². The van der Waals surface area contributed by atoms with E-state index in [1.807, 2.05) is 36.4 Å². The van der Waals surface area contributed by atoms with Crippen LogP contribution in [-0.4, -0.2) is 10.9 Å². The fourth-order valence-electron chi connectivity index (χ4n) is 2.22. The highest BCUT2D eigenvalue weighted by atomic mass is 16.7. The minimum absolute atomic E-state index is 0.388. The van der Waals surface area contributed by atoms with E-state index in [-0.39, 0.29) is 0 Å². The Morgan fingerprint density at radius 3 is 2.76 bits per heavy atom. The third kappa shape index (κ3) is 2.93. The lowest BCUT2D eigenvalue weighted by Gasteiger charge is -2.27. The molecule has 0 atom stereocenters. The minimum atomic E-state index is -0.429. The van der Waals surface area contributed by atoms with Crippen molar-refractivity contribution in [3.8, 4) is 0 Å². The number of para-hydroxylation sites is 1. The summed E-state index contributed by atoms with van der Waals surface area (Å²) in [5.41, 5.74) is 8.87. The quantitative estimate of drug-likeness (QED) is 0.930. The van der Waals surface area contributed by atoms with E-state index < -0.39 is 5.91 Å². The van der Waals surface area contributed by atoms with E-state index in [4.69, 9.17) is 10.6 Å². The number of anilines is 1. The van der Waals surface area contributed by atoms with Gasteiger partial charge in [0.15, 0.2) is 0 Å². The molecule has 0 saturated heterocycles. The highest BCUT2D eigenvalue weighted by Gasteiger charge is 2.20. The number of nitrogens with two attached hydrogens (primary N) is 1. The molecule has 0 bridgehead atoms. The van der Waals surface area contributed by atoms with Crippen molar-refractivity contribution in [2.24, 2.45) is 5.73 Å². The molecule has 0 spiro atoms. The van der Waals surface area contributed by atoms with Crippen molar-refractivity contribution in [1.82, 2.24) is 4.98 Å². The number of pyridine rings is 1.